The van der Waals surface area contributed by atoms with E-state index in [1.807, 2.05) is 0 Å². The summed E-state index contributed by atoms with van der Waals surface area (Å²) in [6.45, 7) is 0.571. The molecule has 0 heterocycles. The summed E-state index contributed by atoms with van der Waals surface area (Å²) in [5, 5.41) is 21.1. The highest BCUT2D eigenvalue weighted by atomic mass is 16.3. The van der Waals surface area contributed by atoms with Crippen LogP contribution in [-0.2, 0) is 0 Å². The smallest absolute Gasteiger partial charge is 0.0493 e. The van der Waals surface area contributed by atoms with E-state index in [0.717, 1.165) is 25.7 Å². The van der Waals surface area contributed by atoms with Gasteiger partial charge in [-0.1, -0.05) is 89.9 Å². The maximum Gasteiger partial charge on any atom is 0.0493 e. The number of rotatable bonds is 3. The Hall–Kier alpha value is -0.0800. The first-order chi connectivity index (χ1) is 11.8. The van der Waals surface area contributed by atoms with Gasteiger partial charge in [0.05, 0.1) is 0 Å². The molecule has 2 nitrogen and oxygen atoms in total. The van der Waals surface area contributed by atoms with E-state index in [4.69, 9.17) is 0 Å². The van der Waals surface area contributed by atoms with E-state index in [9.17, 15) is 10.2 Å². The Morgan fingerprint density at radius 2 is 0.583 bits per heavy atom. The van der Waals surface area contributed by atoms with Crippen LogP contribution in [0.2, 0.25) is 0 Å². The van der Waals surface area contributed by atoms with Gasteiger partial charge in [0, 0.05) is 24.0 Å². The SMILES string of the molecule is OCC1(C2(CO)CCCCCCCCC2)CCCCCCCCC1. The first-order valence-electron chi connectivity index (χ1n) is 11.0. The van der Waals surface area contributed by atoms with Crippen LogP contribution >= 0.6 is 0 Å². The Morgan fingerprint density at radius 3 is 0.792 bits per heavy atom. The molecule has 2 heteroatoms. The molecule has 2 aliphatic carbocycles. The summed E-state index contributed by atoms with van der Waals surface area (Å²) in [5.41, 5.74) is -0.0590. The third-order valence-corrected chi connectivity index (χ3v) is 7.35. The highest BCUT2D eigenvalue weighted by molar-refractivity contribution is 4.98. The topological polar surface area (TPSA) is 40.5 Å². The third kappa shape index (κ3) is 5.21. The highest BCUT2D eigenvalue weighted by Gasteiger charge is 2.48. The summed E-state index contributed by atoms with van der Waals surface area (Å²) in [6, 6.07) is 0. The van der Waals surface area contributed by atoms with E-state index in [-0.39, 0.29) is 24.0 Å². The van der Waals surface area contributed by atoms with E-state index < -0.39 is 0 Å². The maximum absolute atomic E-state index is 10.5. The van der Waals surface area contributed by atoms with E-state index in [1.54, 1.807) is 0 Å². The summed E-state index contributed by atoms with van der Waals surface area (Å²) in [5.74, 6) is 0. The molecule has 0 saturated heterocycles. The fourth-order valence-corrected chi connectivity index (χ4v) is 5.58. The second-order valence-corrected chi connectivity index (χ2v) is 8.83. The van der Waals surface area contributed by atoms with Gasteiger partial charge in [-0.2, -0.15) is 0 Å². The molecule has 0 aromatic rings. The van der Waals surface area contributed by atoms with Crippen LogP contribution in [0.3, 0.4) is 0 Å². The Balaban J connectivity index is 2.19. The second kappa shape index (κ2) is 10.8. The molecular weight excluding hydrogens is 296 g/mol. The van der Waals surface area contributed by atoms with Crippen molar-refractivity contribution in [3.8, 4) is 0 Å². The average molecular weight is 339 g/mol. The number of aliphatic hydroxyl groups is 2. The molecule has 142 valence electrons. The molecule has 0 bridgehead atoms. The van der Waals surface area contributed by atoms with Gasteiger partial charge in [0.1, 0.15) is 0 Å². The molecule has 2 aliphatic rings. The maximum atomic E-state index is 10.5. The van der Waals surface area contributed by atoms with Gasteiger partial charge in [0.15, 0.2) is 0 Å². The molecule has 0 radical (unpaired) electrons. The van der Waals surface area contributed by atoms with Crippen molar-refractivity contribution in [3.63, 3.8) is 0 Å². The number of aliphatic hydroxyl groups excluding tert-OH is 2. The minimum absolute atomic E-state index is 0.0295. The quantitative estimate of drug-likeness (QED) is 0.663. The lowest BCUT2D eigenvalue weighted by atomic mass is 9.55. The molecule has 0 atom stereocenters. The van der Waals surface area contributed by atoms with Gasteiger partial charge < -0.3 is 10.2 Å². The predicted molar refractivity (Wildman–Crippen MR) is 102 cm³/mol. The zero-order valence-corrected chi connectivity index (χ0v) is 16.0. The molecule has 0 aromatic carbocycles. The van der Waals surface area contributed by atoms with Crippen molar-refractivity contribution in [2.75, 3.05) is 13.2 Å². The Labute approximate surface area is 150 Å². The van der Waals surface area contributed by atoms with Crippen LogP contribution in [0.25, 0.3) is 0 Å². The molecule has 24 heavy (non-hydrogen) atoms. The zero-order chi connectivity index (χ0) is 17.1. The third-order valence-electron chi connectivity index (χ3n) is 7.35. The molecule has 0 spiro atoms. The van der Waals surface area contributed by atoms with Crippen LogP contribution < -0.4 is 0 Å². The zero-order valence-electron chi connectivity index (χ0n) is 16.0. The Morgan fingerprint density at radius 1 is 0.375 bits per heavy atom. The van der Waals surface area contributed by atoms with Crippen LogP contribution in [0.1, 0.15) is 116 Å². The van der Waals surface area contributed by atoms with Crippen molar-refractivity contribution in [2.45, 2.75) is 116 Å². The molecule has 0 aromatic heterocycles. The van der Waals surface area contributed by atoms with Crippen molar-refractivity contribution in [1.82, 2.24) is 0 Å². The molecule has 2 saturated carbocycles. The van der Waals surface area contributed by atoms with Gasteiger partial charge in [-0.3, -0.25) is 0 Å². The lowest BCUT2D eigenvalue weighted by molar-refractivity contribution is -0.0858. The summed E-state index contributed by atoms with van der Waals surface area (Å²) in [4.78, 5) is 0. The van der Waals surface area contributed by atoms with Gasteiger partial charge in [-0.15, -0.1) is 0 Å². The normalized spacial score (nSPS) is 27.2. The van der Waals surface area contributed by atoms with Gasteiger partial charge in [0.2, 0.25) is 0 Å². The summed E-state index contributed by atoms with van der Waals surface area (Å²) < 4.78 is 0. The van der Waals surface area contributed by atoms with E-state index in [1.165, 1.54) is 89.9 Å². The molecule has 2 fully saturated rings. The van der Waals surface area contributed by atoms with Crippen molar-refractivity contribution in [3.05, 3.63) is 0 Å². The van der Waals surface area contributed by atoms with E-state index in [0.29, 0.717) is 0 Å². The summed E-state index contributed by atoms with van der Waals surface area (Å²) in [7, 11) is 0. The monoisotopic (exact) mass is 338 g/mol. The Kier molecular flexibility index (Phi) is 9.11. The van der Waals surface area contributed by atoms with Crippen LogP contribution in [0, 0.1) is 10.8 Å². The summed E-state index contributed by atoms with van der Waals surface area (Å²) in [6.07, 6.45) is 22.9. The van der Waals surface area contributed by atoms with Crippen molar-refractivity contribution >= 4 is 0 Å². The van der Waals surface area contributed by atoms with Gasteiger partial charge in [-0.05, 0) is 25.7 Å². The van der Waals surface area contributed by atoms with Gasteiger partial charge >= 0.3 is 0 Å². The van der Waals surface area contributed by atoms with Crippen molar-refractivity contribution in [2.24, 2.45) is 10.8 Å². The number of hydrogen-bond acceptors (Lipinski definition) is 2. The average Bonchev–Trinajstić information content (AvgIpc) is 2.63. The molecule has 2 rings (SSSR count). The largest absolute Gasteiger partial charge is 0.396 e. The van der Waals surface area contributed by atoms with Gasteiger partial charge in [0.25, 0.3) is 0 Å². The molecule has 2 N–H and O–H groups in total. The molecular formula is C22H42O2. The van der Waals surface area contributed by atoms with Crippen LogP contribution in [0.5, 0.6) is 0 Å². The second-order valence-electron chi connectivity index (χ2n) is 8.83. The van der Waals surface area contributed by atoms with Crippen LogP contribution in [-0.4, -0.2) is 23.4 Å². The first-order valence-corrected chi connectivity index (χ1v) is 11.0. The first kappa shape index (κ1) is 20.2. The Bertz CT molecular complexity index is 274. The van der Waals surface area contributed by atoms with E-state index >= 15 is 0 Å². The molecule has 0 aliphatic heterocycles. The lowest BCUT2D eigenvalue weighted by Gasteiger charge is -2.51. The fraction of sp³-hybridized carbons (Fsp3) is 1.00. The van der Waals surface area contributed by atoms with Crippen molar-refractivity contribution < 1.29 is 10.2 Å². The van der Waals surface area contributed by atoms with Crippen molar-refractivity contribution in [1.29, 1.82) is 0 Å². The standard InChI is InChI=1S/C22H42O2/c23-19-21(15-11-7-3-1-4-8-12-16-21)22(20-24)17-13-9-5-2-6-10-14-18-22/h23-24H,1-20H2. The fourth-order valence-electron chi connectivity index (χ4n) is 5.58. The minimum Gasteiger partial charge on any atom is -0.396 e. The highest BCUT2D eigenvalue weighted by Crippen LogP contribution is 2.53. The van der Waals surface area contributed by atoms with E-state index in [2.05, 4.69) is 0 Å². The summed E-state index contributed by atoms with van der Waals surface area (Å²) >= 11 is 0. The minimum atomic E-state index is -0.0295. The predicted octanol–water partition coefficient (Wildman–Crippen LogP) is 5.99. The molecule has 0 unspecified atom stereocenters. The van der Waals surface area contributed by atoms with Gasteiger partial charge in [-0.25, -0.2) is 0 Å². The van der Waals surface area contributed by atoms with Crippen LogP contribution in [0.4, 0.5) is 0 Å². The molecule has 0 amide bonds. The number of hydrogen-bond donors (Lipinski definition) is 2. The van der Waals surface area contributed by atoms with Crippen LogP contribution in [0.15, 0.2) is 0 Å². The lowest BCUT2D eigenvalue weighted by Crippen LogP contribution is -2.48.